The molecule has 0 aromatic heterocycles. The van der Waals surface area contributed by atoms with E-state index in [0.717, 1.165) is 25.7 Å². The fourth-order valence-corrected chi connectivity index (χ4v) is 2.40. The van der Waals surface area contributed by atoms with Gasteiger partial charge in [0.2, 0.25) is 0 Å². The third-order valence-electron chi connectivity index (χ3n) is 2.08. The zero-order valence-corrected chi connectivity index (χ0v) is 8.66. The molecule has 0 aliphatic heterocycles. The quantitative estimate of drug-likeness (QED) is 0.703. The number of hydrogen-bond acceptors (Lipinski definition) is 2. The summed E-state index contributed by atoms with van der Waals surface area (Å²) in [6, 6.07) is 0.0671. The largest absolute Gasteiger partial charge is 0.297 e. The molecule has 1 atom stereocenters. The third kappa shape index (κ3) is 3.74. The lowest BCUT2D eigenvalue weighted by Gasteiger charge is -2.13. The summed E-state index contributed by atoms with van der Waals surface area (Å²) < 4.78 is 23.9. The molecule has 72 valence electrons. The zero-order chi connectivity index (χ0) is 9.19. The first kappa shape index (κ1) is 10.3. The molecule has 1 rings (SSSR count). The number of rotatable bonds is 5. The van der Waals surface area contributed by atoms with Crippen molar-refractivity contribution in [3.8, 4) is 0 Å². The molecule has 0 amide bonds. The van der Waals surface area contributed by atoms with Gasteiger partial charge in [-0.3, -0.25) is 0 Å². The van der Waals surface area contributed by atoms with E-state index in [4.69, 9.17) is 10.7 Å². The molecule has 1 N–H and O–H groups in total. The van der Waals surface area contributed by atoms with Crippen LogP contribution in [-0.4, -0.2) is 14.5 Å². The molecule has 0 radical (unpaired) electrons. The predicted octanol–water partition coefficient (Wildman–Crippen LogP) is 1.64. The Labute approximate surface area is 78.0 Å². The Kier molecular flexibility index (Phi) is 3.37. The van der Waals surface area contributed by atoms with Crippen molar-refractivity contribution in [1.82, 2.24) is 4.72 Å². The summed E-state index contributed by atoms with van der Waals surface area (Å²) >= 11 is 0. The summed E-state index contributed by atoms with van der Waals surface area (Å²) in [5.74, 6) is 0.526. The van der Waals surface area contributed by atoms with Crippen molar-refractivity contribution in [2.24, 2.45) is 5.92 Å². The van der Waals surface area contributed by atoms with E-state index in [2.05, 4.69) is 4.72 Å². The van der Waals surface area contributed by atoms with Crippen LogP contribution in [0.15, 0.2) is 0 Å². The van der Waals surface area contributed by atoms with Gasteiger partial charge in [0.05, 0.1) is 0 Å². The minimum absolute atomic E-state index is 0.0671. The monoisotopic (exact) mass is 211 g/mol. The van der Waals surface area contributed by atoms with Crippen LogP contribution in [0.1, 0.15) is 32.6 Å². The van der Waals surface area contributed by atoms with Gasteiger partial charge in [-0.1, -0.05) is 13.3 Å². The van der Waals surface area contributed by atoms with Crippen molar-refractivity contribution in [3.05, 3.63) is 0 Å². The van der Waals surface area contributed by atoms with E-state index in [1.807, 2.05) is 6.92 Å². The van der Waals surface area contributed by atoms with Crippen LogP contribution in [0.2, 0.25) is 0 Å². The molecule has 0 bridgehead atoms. The Balaban J connectivity index is 2.43. The van der Waals surface area contributed by atoms with E-state index >= 15 is 0 Å². The maximum absolute atomic E-state index is 10.7. The molecule has 0 heterocycles. The second-order valence-corrected chi connectivity index (χ2v) is 5.62. The summed E-state index contributed by atoms with van der Waals surface area (Å²) in [7, 11) is 1.57. The van der Waals surface area contributed by atoms with Crippen LogP contribution in [0.4, 0.5) is 0 Å². The van der Waals surface area contributed by atoms with E-state index in [1.54, 1.807) is 0 Å². The minimum Gasteiger partial charge on any atom is -0.199 e. The Bertz CT molecular complexity index is 236. The van der Waals surface area contributed by atoms with Gasteiger partial charge in [-0.25, -0.2) is 0 Å². The van der Waals surface area contributed by atoms with Gasteiger partial charge in [0.1, 0.15) is 0 Å². The second-order valence-electron chi connectivity index (χ2n) is 3.29. The van der Waals surface area contributed by atoms with E-state index < -0.39 is 9.24 Å². The highest BCUT2D eigenvalue weighted by molar-refractivity contribution is 8.12. The van der Waals surface area contributed by atoms with Gasteiger partial charge < -0.3 is 0 Å². The molecule has 0 spiro atoms. The summed E-state index contributed by atoms with van der Waals surface area (Å²) in [5.41, 5.74) is 0. The first-order valence-corrected chi connectivity index (χ1v) is 6.55. The highest BCUT2D eigenvalue weighted by Crippen LogP contribution is 2.34. The zero-order valence-electron chi connectivity index (χ0n) is 7.09. The van der Waals surface area contributed by atoms with Crippen LogP contribution in [-0.2, 0) is 9.24 Å². The van der Waals surface area contributed by atoms with Gasteiger partial charge in [0, 0.05) is 16.7 Å². The van der Waals surface area contributed by atoms with E-state index in [-0.39, 0.29) is 6.04 Å². The Morgan fingerprint density at radius 2 is 2.17 bits per heavy atom. The van der Waals surface area contributed by atoms with Crippen molar-refractivity contribution in [2.75, 3.05) is 0 Å². The van der Waals surface area contributed by atoms with Crippen LogP contribution < -0.4 is 4.72 Å². The molecular formula is C7H14ClNO2S. The Morgan fingerprint density at radius 3 is 2.50 bits per heavy atom. The van der Waals surface area contributed by atoms with Crippen LogP contribution in [0.25, 0.3) is 0 Å². The molecule has 1 saturated carbocycles. The standard InChI is InChI=1S/C7H14ClNO2S/c1-2-3-7(6-4-5-6)9-12(8,10)11/h6-7,9H,2-5H2,1H3. The maximum Gasteiger partial charge on any atom is 0.297 e. The summed E-state index contributed by atoms with van der Waals surface area (Å²) in [4.78, 5) is 0. The molecule has 3 nitrogen and oxygen atoms in total. The summed E-state index contributed by atoms with van der Waals surface area (Å²) in [6.07, 6.45) is 4.13. The van der Waals surface area contributed by atoms with E-state index in [9.17, 15) is 8.42 Å². The predicted molar refractivity (Wildman–Crippen MR) is 49.3 cm³/mol. The SMILES string of the molecule is CCCC(NS(=O)(=O)Cl)C1CC1. The number of halogens is 1. The highest BCUT2D eigenvalue weighted by atomic mass is 35.7. The highest BCUT2D eigenvalue weighted by Gasteiger charge is 2.32. The first-order valence-electron chi connectivity index (χ1n) is 4.25. The van der Waals surface area contributed by atoms with Gasteiger partial charge >= 0.3 is 0 Å². The van der Waals surface area contributed by atoms with Gasteiger partial charge in [-0.2, -0.15) is 13.1 Å². The maximum atomic E-state index is 10.7. The molecule has 1 fully saturated rings. The number of hydrogen-bond donors (Lipinski definition) is 1. The van der Waals surface area contributed by atoms with Crippen LogP contribution >= 0.6 is 10.7 Å². The molecule has 0 aromatic carbocycles. The summed E-state index contributed by atoms with van der Waals surface area (Å²) in [6.45, 7) is 2.04. The van der Waals surface area contributed by atoms with E-state index in [1.165, 1.54) is 0 Å². The summed E-state index contributed by atoms with van der Waals surface area (Å²) in [5, 5.41) is 0. The van der Waals surface area contributed by atoms with Crippen molar-refractivity contribution in [2.45, 2.75) is 38.6 Å². The molecule has 12 heavy (non-hydrogen) atoms. The second kappa shape index (κ2) is 3.94. The molecule has 0 saturated heterocycles. The molecule has 1 unspecified atom stereocenters. The Morgan fingerprint density at radius 1 is 1.58 bits per heavy atom. The molecule has 1 aliphatic carbocycles. The van der Waals surface area contributed by atoms with Gasteiger partial charge in [-0.15, -0.1) is 0 Å². The van der Waals surface area contributed by atoms with Gasteiger partial charge in [0.25, 0.3) is 9.24 Å². The third-order valence-corrected chi connectivity index (χ3v) is 2.93. The lowest BCUT2D eigenvalue weighted by atomic mass is 10.1. The molecular weight excluding hydrogens is 198 g/mol. The van der Waals surface area contributed by atoms with Crippen LogP contribution in [0, 0.1) is 5.92 Å². The normalized spacial score (nSPS) is 20.8. The molecule has 5 heteroatoms. The van der Waals surface area contributed by atoms with Gasteiger partial charge in [-0.05, 0) is 25.2 Å². The van der Waals surface area contributed by atoms with Crippen LogP contribution in [0.3, 0.4) is 0 Å². The minimum atomic E-state index is -3.53. The smallest absolute Gasteiger partial charge is 0.199 e. The first-order chi connectivity index (χ1) is 5.53. The lowest BCUT2D eigenvalue weighted by Crippen LogP contribution is -2.33. The van der Waals surface area contributed by atoms with Crippen LogP contribution in [0.5, 0.6) is 0 Å². The fourth-order valence-electron chi connectivity index (χ4n) is 1.38. The molecule has 0 aromatic rings. The van der Waals surface area contributed by atoms with Crippen molar-refractivity contribution in [3.63, 3.8) is 0 Å². The Hall–Kier alpha value is 0.200. The van der Waals surface area contributed by atoms with Crippen molar-refractivity contribution < 1.29 is 8.42 Å². The lowest BCUT2D eigenvalue weighted by molar-refractivity contribution is 0.489. The van der Waals surface area contributed by atoms with E-state index in [0.29, 0.717) is 5.92 Å². The number of nitrogens with one attached hydrogen (secondary N) is 1. The van der Waals surface area contributed by atoms with Gasteiger partial charge in [0.15, 0.2) is 0 Å². The average Bonchev–Trinajstić information content (AvgIpc) is 2.63. The fraction of sp³-hybridized carbons (Fsp3) is 1.00. The topological polar surface area (TPSA) is 46.2 Å². The van der Waals surface area contributed by atoms with Crippen molar-refractivity contribution in [1.29, 1.82) is 0 Å². The average molecular weight is 212 g/mol. The molecule has 1 aliphatic rings. The van der Waals surface area contributed by atoms with Crippen molar-refractivity contribution >= 4 is 19.9 Å².